The van der Waals surface area contributed by atoms with Crippen LogP contribution in [0.25, 0.3) is 0 Å². The Morgan fingerprint density at radius 2 is 1.95 bits per heavy atom. The first-order valence-electron chi connectivity index (χ1n) is 7.42. The second-order valence-corrected chi connectivity index (χ2v) is 7.31. The van der Waals surface area contributed by atoms with Crippen LogP contribution in [0.5, 0.6) is 0 Å². The van der Waals surface area contributed by atoms with Gasteiger partial charge in [-0.2, -0.15) is 0 Å². The van der Waals surface area contributed by atoms with E-state index in [0.29, 0.717) is 12.0 Å². The van der Waals surface area contributed by atoms with Gasteiger partial charge in [0.15, 0.2) is 0 Å². The van der Waals surface area contributed by atoms with Crippen molar-refractivity contribution in [1.82, 2.24) is 10.2 Å². The minimum atomic E-state index is -0.468. The van der Waals surface area contributed by atoms with Crippen molar-refractivity contribution in [3.63, 3.8) is 0 Å². The molecule has 0 aromatic carbocycles. The number of carbonyl (C=O) groups is 1. The Morgan fingerprint density at radius 3 is 2.45 bits per heavy atom. The van der Waals surface area contributed by atoms with Gasteiger partial charge in [0.05, 0.1) is 11.0 Å². The average molecular weight is 300 g/mol. The number of nitrogens with zero attached hydrogens (tertiary/aromatic N) is 1. The average Bonchev–Trinajstić information content (AvgIpc) is 2.74. The highest BCUT2D eigenvalue weighted by Crippen LogP contribution is 2.22. The molecule has 1 fully saturated rings. The standard InChI is InChI=1S/C15H28N2O2S/c1-10(2)11(3)16-13(20)12-8-7-9-17(12)14(18)19-15(4,5)6/h10-12H,7-9H2,1-6H3,(H,16,20)/t11-,12+/m1/s1. The van der Waals surface area contributed by atoms with Crippen molar-refractivity contribution in [2.24, 2.45) is 5.92 Å². The zero-order chi connectivity index (χ0) is 15.5. The van der Waals surface area contributed by atoms with Crippen LogP contribution in [0.4, 0.5) is 4.79 Å². The van der Waals surface area contributed by atoms with Crippen LogP contribution in [-0.2, 0) is 4.74 Å². The SMILES string of the molecule is CC(C)[C@@H](C)NC(=S)[C@@H]1CCCN1C(=O)OC(C)(C)C. The molecule has 1 aliphatic heterocycles. The number of hydrogen-bond acceptors (Lipinski definition) is 3. The van der Waals surface area contributed by atoms with Gasteiger partial charge < -0.3 is 10.1 Å². The predicted octanol–water partition coefficient (Wildman–Crippen LogP) is 3.35. The summed E-state index contributed by atoms with van der Waals surface area (Å²) in [4.78, 5) is 14.7. The molecule has 1 heterocycles. The molecule has 0 aliphatic carbocycles. The van der Waals surface area contributed by atoms with Gasteiger partial charge in [-0.05, 0) is 46.5 Å². The Morgan fingerprint density at radius 1 is 1.35 bits per heavy atom. The fourth-order valence-corrected chi connectivity index (χ4v) is 2.50. The molecule has 0 aromatic heterocycles. The fraction of sp³-hybridized carbons (Fsp3) is 0.867. The summed E-state index contributed by atoms with van der Waals surface area (Å²) in [6.45, 7) is 12.8. The smallest absolute Gasteiger partial charge is 0.410 e. The summed E-state index contributed by atoms with van der Waals surface area (Å²) in [6, 6.07) is 0.282. The lowest BCUT2D eigenvalue weighted by molar-refractivity contribution is 0.0265. The van der Waals surface area contributed by atoms with E-state index in [1.807, 2.05) is 20.8 Å². The number of hydrogen-bond donors (Lipinski definition) is 1. The van der Waals surface area contributed by atoms with Crippen molar-refractivity contribution in [3.8, 4) is 0 Å². The lowest BCUT2D eigenvalue weighted by atomic mass is 10.1. The van der Waals surface area contributed by atoms with Crippen molar-refractivity contribution >= 4 is 23.3 Å². The normalized spacial score (nSPS) is 20.9. The number of amides is 1. The molecule has 1 saturated heterocycles. The second-order valence-electron chi connectivity index (χ2n) is 6.87. The number of rotatable bonds is 3. The zero-order valence-corrected chi connectivity index (χ0v) is 14.3. The van der Waals surface area contributed by atoms with Crippen molar-refractivity contribution in [2.45, 2.75) is 72.1 Å². The molecule has 116 valence electrons. The summed E-state index contributed by atoms with van der Waals surface area (Å²) in [5, 5.41) is 3.35. The Balaban J connectivity index is 2.65. The van der Waals surface area contributed by atoms with Crippen LogP contribution in [0.1, 0.15) is 54.4 Å². The first-order chi connectivity index (χ1) is 9.11. The van der Waals surface area contributed by atoms with Gasteiger partial charge in [0, 0.05) is 12.6 Å². The predicted molar refractivity (Wildman–Crippen MR) is 86.0 cm³/mol. The monoisotopic (exact) mass is 300 g/mol. The Bertz CT molecular complexity index is 363. The van der Waals surface area contributed by atoms with Crippen molar-refractivity contribution in [3.05, 3.63) is 0 Å². The number of carbonyl (C=O) groups excluding carboxylic acids is 1. The Hall–Kier alpha value is -0.840. The quantitative estimate of drug-likeness (QED) is 0.812. The van der Waals surface area contributed by atoms with E-state index in [1.54, 1.807) is 4.90 Å². The number of likely N-dealkylation sites (tertiary alicyclic amines) is 1. The molecule has 5 heteroatoms. The van der Waals surface area contributed by atoms with Crippen LogP contribution in [0.15, 0.2) is 0 Å². The molecule has 0 spiro atoms. The molecule has 1 rings (SSSR count). The molecular weight excluding hydrogens is 272 g/mol. The molecule has 0 unspecified atom stereocenters. The number of ether oxygens (including phenoxy) is 1. The molecule has 4 nitrogen and oxygen atoms in total. The maximum atomic E-state index is 12.2. The summed E-state index contributed by atoms with van der Waals surface area (Å²) in [5.41, 5.74) is -0.468. The van der Waals surface area contributed by atoms with E-state index >= 15 is 0 Å². The van der Waals surface area contributed by atoms with Crippen LogP contribution >= 0.6 is 12.2 Å². The van der Waals surface area contributed by atoms with Gasteiger partial charge in [-0.3, -0.25) is 4.90 Å². The maximum absolute atomic E-state index is 12.2. The molecule has 1 N–H and O–H groups in total. The zero-order valence-electron chi connectivity index (χ0n) is 13.5. The van der Waals surface area contributed by atoms with Crippen LogP contribution in [-0.4, -0.2) is 40.2 Å². The van der Waals surface area contributed by atoms with Gasteiger partial charge in [-0.1, -0.05) is 26.1 Å². The van der Waals surface area contributed by atoms with Gasteiger partial charge in [-0.25, -0.2) is 4.79 Å². The third-order valence-electron chi connectivity index (χ3n) is 3.55. The Kier molecular flexibility index (Phi) is 5.80. The second kappa shape index (κ2) is 6.74. The van der Waals surface area contributed by atoms with E-state index in [0.717, 1.165) is 24.4 Å². The van der Waals surface area contributed by atoms with E-state index in [4.69, 9.17) is 17.0 Å². The highest BCUT2D eigenvalue weighted by molar-refractivity contribution is 7.80. The van der Waals surface area contributed by atoms with E-state index in [9.17, 15) is 4.79 Å². The van der Waals surface area contributed by atoms with Crippen molar-refractivity contribution in [1.29, 1.82) is 0 Å². The summed E-state index contributed by atoms with van der Waals surface area (Å²) in [6.07, 6.45) is 1.62. The van der Waals surface area contributed by atoms with E-state index < -0.39 is 5.60 Å². The first-order valence-corrected chi connectivity index (χ1v) is 7.82. The maximum Gasteiger partial charge on any atom is 0.410 e. The first kappa shape index (κ1) is 17.2. The molecule has 1 amide bonds. The van der Waals surface area contributed by atoms with Gasteiger partial charge in [0.25, 0.3) is 0 Å². The molecule has 0 bridgehead atoms. The van der Waals surface area contributed by atoms with Crippen molar-refractivity contribution in [2.75, 3.05) is 6.54 Å². The topological polar surface area (TPSA) is 41.6 Å². The largest absolute Gasteiger partial charge is 0.444 e. The van der Waals surface area contributed by atoms with Gasteiger partial charge in [-0.15, -0.1) is 0 Å². The van der Waals surface area contributed by atoms with E-state index in [2.05, 4.69) is 26.1 Å². The Labute approximate surface area is 128 Å². The van der Waals surface area contributed by atoms with Gasteiger partial charge in [0.2, 0.25) is 0 Å². The molecule has 0 radical (unpaired) electrons. The molecule has 0 aromatic rings. The van der Waals surface area contributed by atoms with Crippen LogP contribution in [0, 0.1) is 5.92 Å². The summed E-state index contributed by atoms with van der Waals surface area (Å²) < 4.78 is 5.45. The molecule has 0 saturated carbocycles. The fourth-order valence-electron chi connectivity index (χ4n) is 2.07. The third-order valence-corrected chi connectivity index (χ3v) is 3.94. The van der Waals surface area contributed by atoms with Crippen molar-refractivity contribution < 1.29 is 9.53 Å². The summed E-state index contributed by atoms with van der Waals surface area (Å²) in [7, 11) is 0. The van der Waals surface area contributed by atoms with Gasteiger partial charge >= 0.3 is 6.09 Å². The van der Waals surface area contributed by atoms with Crippen LogP contribution < -0.4 is 5.32 Å². The molecule has 1 aliphatic rings. The van der Waals surface area contributed by atoms with E-state index in [-0.39, 0.29) is 12.1 Å². The minimum Gasteiger partial charge on any atom is -0.444 e. The summed E-state index contributed by atoms with van der Waals surface area (Å²) >= 11 is 5.49. The third kappa shape index (κ3) is 4.93. The highest BCUT2D eigenvalue weighted by atomic mass is 32.1. The molecule has 20 heavy (non-hydrogen) atoms. The van der Waals surface area contributed by atoms with E-state index in [1.165, 1.54) is 0 Å². The lowest BCUT2D eigenvalue weighted by Gasteiger charge is -2.30. The number of nitrogens with one attached hydrogen (secondary N) is 1. The highest BCUT2D eigenvalue weighted by Gasteiger charge is 2.35. The molecular formula is C15H28N2O2S. The lowest BCUT2D eigenvalue weighted by Crippen LogP contribution is -2.49. The van der Waals surface area contributed by atoms with Gasteiger partial charge in [0.1, 0.15) is 5.60 Å². The van der Waals surface area contributed by atoms with Crippen LogP contribution in [0.2, 0.25) is 0 Å². The minimum absolute atomic E-state index is 0.0268. The van der Waals surface area contributed by atoms with Crippen LogP contribution in [0.3, 0.4) is 0 Å². The molecule has 2 atom stereocenters. The number of thiocarbonyl (C=S) groups is 1. The summed E-state index contributed by atoms with van der Waals surface area (Å²) in [5.74, 6) is 0.504.